The molecule has 5 heteroatoms. The van der Waals surface area contributed by atoms with E-state index in [1.54, 1.807) is 12.3 Å². The van der Waals surface area contributed by atoms with Gasteiger partial charge in [-0.25, -0.2) is 9.78 Å². The molecule has 0 radical (unpaired) electrons. The first-order valence-electron chi connectivity index (χ1n) is 6.29. The maximum Gasteiger partial charge on any atom is 0.330 e. The maximum atomic E-state index is 12.0. The van der Waals surface area contributed by atoms with Crippen molar-refractivity contribution in [2.45, 2.75) is 13.5 Å². The normalized spacial score (nSPS) is 10.8. The molecule has 3 aromatic rings. The van der Waals surface area contributed by atoms with Crippen molar-refractivity contribution >= 4 is 11.0 Å². The Bertz CT molecular complexity index is 879. The van der Waals surface area contributed by atoms with Gasteiger partial charge in [-0.3, -0.25) is 14.3 Å². The first-order chi connectivity index (χ1) is 9.66. The molecule has 0 aliphatic rings. The van der Waals surface area contributed by atoms with Gasteiger partial charge in [0.25, 0.3) is 5.56 Å². The van der Waals surface area contributed by atoms with Crippen molar-refractivity contribution in [3.8, 4) is 0 Å². The van der Waals surface area contributed by atoms with Crippen LogP contribution in [0, 0.1) is 6.92 Å². The predicted molar refractivity (Wildman–Crippen MR) is 76.9 cm³/mol. The number of benzene rings is 1. The van der Waals surface area contributed by atoms with E-state index in [4.69, 9.17) is 0 Å². The molecule has 2 aromatic heterocycles. The van der Waals surface area contributed by atoms with Crippen LogP contribution in [-0.2, 0) is 6.54 Å². The summed E-state index contributed by atoms with van der Waals surface area (Å²) in [5, 5.41) is 0.461. The summed E-state index contributed by atoms with van der Waals surface area (Å²) in [4.78, 5) is 30.5. The lowest BCUT2D eigenvalue weighted by Crippen LogP contribution is -2.31. The summed E-state index contributed by atoms with van der Waals surface area (Å²) in [6.07, 6.45) is 1.61. The molecular formula is C15H13N3O2. The smallest absolute Gasteiger partial charge is 0.273 e. The summed E-state index contributed by atoms with van der Waals surface area (Å²) in [7, 11) is 0. The molecule has 0 atom stereocenters. The molecule has 0 aliphatic carbocycles. The summed E-state index contributed by atoms with van der Waals surface area (Å²) in [5.41, 5.74) is 1.37. The standard InChI is InChI=1S/C15H13N3O2/c1-10-7-8-16-13-12(10)14(19)17-15(20)18(13)9-11-5-3-2-4-6-11/h2-8H,9H2,1H3,(H,17,19,20). The number of aryl methyl sites for hydroxylation is 1. The van der Waals surface area contributed by atoms with E-state index in [1.807, 2.05) is 37.3 Å². The second-order valence-electron chi connectivity index (χ2n) is 4.66. The molecule has 0 saturated carbocycles. The lowest BCUT2D eigenvalue weighted by molar-refractivity contribution is 0.745. The number of hydrogen-bond acceptors (Lipinski definition) is 3. The van der Waals surface area contributed by atoms with Crippen molar-refractivity contribution in [1.82, 2.24) is 14.5 Å². The van der Waals surface area contributed by atoms with Crippen molar-refractivity contribution in [3.05, 3.63) is 74.6 Å². The molecule has 2 heterocycles. The SMILES string of the molecule is Cc1ccnc2c1c(=O)[nH]c(=O)n2Cc1ccccc1. The third kappa shape index (κ3) is 2.03. The minimum Gasteiger partial charge on any atom is -0.273 e. The van der Waals surface area contributed by atoms with E-state index in [0.717, 1.165) is 11.1 Å². The molecule has 3 rings (SSSR count). The molecule has 1 aromatic carbocycles. The molecule has 0 aliphatic heterocycles. The highest BCUT2D eigenvalue weighted by Crippen LogP contribution is 2.10. The van der Waals surface area contributed by atoms with Crippen molar-refractivity contribution in [1.29, 1.82) is 0 Å². The van der Waals surface area contributed by atoms with Gasteiger partial charge in [-0.2, -0.15) is 0 Å². The fourth-order valence-corrected chi connectivity index (χ4v) is 2.27. The Balaban J connectivity index is 2.28. The molecule has 0 fully saturated rings. The van der Waals surface area contributed by atoms with Gasteiger partial charge in [0, 0.05) is 6.20 Å². The third-order valence-corrected chi connectivity index (χ3v) is 3.27. The molecule has 5 nitrogen and oxygen atoms in total. The van der Waals surface area contributed by atoms with E-state index in [9.17, 15) is 9.59 Å². The van der Waals surface area contributed by atoms with Crippen LogP contribution in [0.4, 0.5) is 0 Å². The number of nitrogens with one attached hydrogen (secondary N) is 1. The zero-order valence-electron chi connectivity index (χ0n) is 11.0. The van der Waals surface area contributed by atoms with Crippen LogP contribution in [0.25, 0.3) is 11.0 Å². The van der Waals surface area contributed by atoms with Crippen molar-refractivity contribution in [3.63, 3.8) is 0 Å². The van der Waals surface area contributed by atoms with Gasteiger partial charge in [0.1, 0.15) is 5.65 Å². The minimum absolute atomic E-state index is 0.378. The van der Waals surface area contributed by atoms with Crippen LogP contribution < -0.4 is 11.2 Å². The van der Waals surface area contributed by atoms with Gasteiger partial charge in [-0.15, -0.1) is 0 Å². The molecule has 100 valence electrons. The zero-order valence-corrected chi connectivity index (χ0v) is 11.0. The second kappa shape index (κ2) is 4.77. The lowest BCUT2D eigenvalue weighted by Gasteiger charge is -2.09. The van der Waals surface area contributed by atoms with E-state index in [-0.39, 0.29) is 5.56 Å². The van der Waals surface area contributed by atoms with Gasteiger partial charge in [-0.1, -0.05) is 30.3 Å². The summed E-state index contributed by atoms with van der Waals surface area (Å²) < 4.78 is 1.49. The topological polar surface area (TPSA) is 67.8 Å². The highest BCUT2D eigenvalue weighted by atomic mass is 16.2. The highest BCUT2D eigenvalue weighted by Gasteiger charge is 2.10. The molecule has 0 saturated heterocycles. The monoisotopic (exact) mass is 267 g/mol. The van der Waals surface area contributed by atoms with Crippen LogP contribution in [0.1, 0.15) is 11.1 Å². The molecule has 0 unspecified atom stereocenters. The highest BCUT2D eigenvalue weighted by molar-refractivity contribution is 5.77. The van der Waals surface area contributed by atoms with Gasteiger partial charge < -0.3 is 0 Å². The van der Waals surface area contributed by atoms with Crippen molar-refractivity contribution < 1.29 is 0 Å². The summed E-state index contributed by atoms with van der Waals surface area (Å²) >= 11 is 0. The Morgan fingerprint density at radius 2 is 1.90 bits per heavy atom. The molecule has 1 N–H and O–H groups in total. The van der Waals surface area contributed by atoms with Crippen LogP contribution in [0.15, 0.2) is 52.2 Å². The molecule has 0 amide bonds. The number of aromatic nitrogens is 3. The summed E-state index contributed by atoms with van der Waals surface area (Å²) in [6.45, 7) is 2.21. The van der Waals surface area contributed by atoms with Crippen molar-refractivity contribution in [2.24, 2.45) is 0 Å². The first-order valence-corrected chi connectivity index (χ1v) is 6.29. The molecule has 20 heavy (non-hydrogen) atoms. The fraction of sp³-hybridized carbons (Fsp3) is 0.133. The molecule has 0 bridgehead atoms. The maximum absolute atomic E-state index is 12.0. The lowest BCUT2D eigenvalue weighted by atomic mass is 10.2. The summed E-state index contributed by atoms with van der Waals surface area (Å²) in [6, 6.07) is 11.4. The Hall–Kier alpha value is -2.69. The predicted octanol–water partition coefficient (Wildman–Crippen LogP) is 1.44. The number of nitrogens with zero attached hydrogens (tertiary/aromatic N) is 2. The van der Waals surface area contributed by atoms with Gasteiger partial charge in [0.2, 0.25) is 0 Å². The molecular weight excluding hydrogens is 254 g/mol. The van der Waals surface area contributed by atoms with E-state index in [0.29, 0.717) is 17.6 Å². The van der Waals surface area contributed by atoms with Crippen molar-refractivity contribution in [2.75, 3.05) is 0 Å². The number of fused-ring (bicyclic) bond motifs is 1. The number of rotatable bonds is 2. The van der Waals surface area contributed by atoms with E-state index < -0.39 is 5.69 Å². The Kier molecular flexibility index (Phi) is 2.95. The number of hydrogen-bond donors (Lipinski definition) is 1. The second-order valence-corrected chi connectivity index (χ2v) is 4.66. The Labute approximate surface area is 114 Å². The van der Waals surface area contributed by atoms with E-state index in [1.165, 1.54) is 4.57 Å². The van der Waals surface area contributed by atoms with E-state index in [2.05, 4.69) is 9.97 Å². The van der Waals surface area contributed by atoms with Gasteiger partial charge in [0.15, 0.2) is 0 Å². The Morgan fingerprint density at radius 1 is 1.15 bits per heavy atom. The van der Waals surface area contributed by atoms with Gasteiger partial charge >= 0.3 is 5.69 Å². The third-order valence-electron chi connectivity index (χ3n) is 3.27. The summed E-state index contributed by atoms with van der Waals surface area (Å²) in [5.74, 6) is 0. The van der Waals surface area contributed by atoms with Crippen LogP contribution in [0.5, 0.6) is 0 Å². The number of pyridine rings is 1. The van der Waals surface area contributed by atoms with Crippen LogP contribution >= 0.6 is 0 Å². The van der Waals surface area contributed by atoms with Gasteiger partial charge in [-0.05, 0) is 24.1 Å². The fourth-order valence-electron chi connectivity index (χ4n) is 2.27. The quantitative estimate of drug-likeness (QED) is 0.764. The zero-order chi connectivity index (χ0) is 14.1. The van der Waals surface area contributed by atoms with Gasteiger partial charge in [0.05, 0.1) is 11.9 Å². The van der Waals surface area contributed by atoms with Crippen LogP contribution in [0.2, 0.25) is 0 Å². The largest absolute Gasteiger partial charge is 0.330 e. The van der Waals surface area contributed by atoms with E-state index >= 15 is 0 Å². The number of H-pyrrole nitrogens is 1. The number of aromatic amines is 1. The first kappa shape index (κ1) is 12.3. The Morgan fingerprint density at radius 3 is 2.65 bits per heavy atom. The molecule has 0 spiro atoms. The van der Waals surface area contributed by atoms with Crippen LogP contribution in [-0.4, -0.2) is 14.5 Å². The van der Waals surface area contributed by atoms with Crippen LogP contribution in [0.3, 0.4) is 0 Å². The minimum atomic E-state index is -0.440. The average Bonchev–Trinajstić information content (AvgIpc) is 2.44. The average molecular weight is 267 g/mol.